The van der Waals surface area contributed by atoms with E-state index in [1.807, 2.05) is 0 Å². The van der Waals surface area contributed by atoms with Crippen molar-refractivity contribution in [1.29, 1.82) is 0 Å². The zero-order valence-corrected chi connectivity index (χ0v) is 12.5. The highest BCUT2D eigenvalue weighted by molar-refractivity contribution is 7.91. The molecular formula is C13H14ClNO4S. The van der Waals surface area contributed by atoms with Crippen LogP contribution >= 0.6 is 11.6 Å². The molecule has 0 unspecified atom stereocenters. The van der Waals surface area contributed by atoms with Gasteiger partial charge in [0.05, 0.1) is 22.0 Å². The first-order chi connectivity index (χ1) is 9.37. The van der Waals surface area contributed by atoms with E-state index >= 15 is 0 Å². The molecule has 108 valence electrons. The molecule has 0 aliphatic carbocycles. The van der Waals surface area contributed by atoms with Crippen LogP contribution in [0.25, 0.3) is 0 Å². The fourth-order valence-corrected chi connectivity index (χ4v) is 3.22. The summed E-state index contributed by atoms with van der Waals surface area (Å²) in [5, 5.41) is 0.240. The number of Topliss-reactive ketones (excluding diaryl/α,β-unsaturated/α-hetero) is 1. The maximum absolute atomic E-state index is 11.9. The zero-order valence-electron chi connectivity index (χ0n) is 10.9. The normalized spacial score (nSPS) is 14.8. The van der Waals surface area contributed by atoms with Crippen molar-refractivity contribution < 1.29 is 18.0 Å². The summed E-state index contributed by atoms with van der Waals surface area (Å²) in [6, 6.07) is 4.85. The summed E-state index contributed by atoms with van der Waals surface area (Å²) in [5.41, 5.74) is 0.666. The molecule has 1 heterocycles. The summed E-state index contributed by atoms with van der Waals surface area (Å²) < 4.78 is 22.9. The van der Waals surface area contributed by atoms with Gasteiger partial charge in [0.15, 0.2) is 0 Å². The SMILES string of the molecule is CCS(=O)(=O)CCCN1C(=O)C(=O)c2c(Cl)cccc21. The standard InChI is InChI=1S/C13H14ClNO4S/c1-2-20(18,19)8-4-7-15-10-6-3-5-9(14)11(10)12(16)13(15)17/h3,5-6H,2,4,7-8H2,1H3. The second-order valence-corrected chi connectivity index (χ2v) is 7.39. The average Bonchev–Trinajstić information content (AvgIpc) is 2.65. The number of sulfone groups is 1. The lowest BCUT2D eigenvalue weighted by atomic mass is 10.1. The molecule has 0 spiro atoms. The molecule has 0 fully saturated rings. The fourth-order valence-electron chi connectivity index (χ4n) is 2.11. The van der Waals surface area contributed by atoms with E-state index in [-0.39, 0.29) is 28.6 Å². The van der Waals surface area contributed by atoms with Crippen LogP contribution in [0.3, 0.4) is 0 Å². The Balaban J connectivity index is 2.17. The largest absolute Gasteiger partial charge is 0.305 e. The Morgan fingerprint density at radius 3 is 2.60 bits per heavy atom. The van der Waals surface area contributed by atoms with Crippen molar-refractivity contribution in [2.75, 3.05) is 23.0 Å². The first-order valence-corrected chi connectivity index (χ1v) is 8.42. The minimum Gasteiger partial charge on any atom is -0.305 e. The maximum Gasteiger partial charge on any atom is 0.299 e. The molecule has 0 atom stereocenters. The van der Waals surface area contributed by atoms with Crippen molar-refractivity contribution in [3.63, 3.8) is 0 Å². The minimum absolute atomic E-state index is 0.00261. The number of fused-ring (bicyclic) bond motifs is 1. The molecule has 0 N–H and O–H groups in total. The number of carbonyl (C=O) groups excluding carboxylic acids is 2. The molecule has 0 bridgehead atoms. The van der Waals surface area contributed by atoms with Crippen LogP contribution in [0.15, 0.2) is 18.2 Å². The van der Waals surface area contributed by atoms with Gasteiger partial charge in [0, 0.05) is 12.3 Å². The molecule has 0 aromatic heterocycles. The van der Waals surface area contributed by atoms with E-state index < -0.39 is 21.5 Å². The summed E-state index contributed by atoms with van der Waals surface area (Å²) in [5.74, 6) is -1.22. The highest BCUT2D eigenvalue weighted by Gasteiger charge is 2.37. The number of anilines is 1. The molecule has 0 radical (unpaired) electrons. The van der Waals surface area contributed by atoms with Gasteiger partial charge in [-0.2, -0.15) is 0 Å². The predicted molar refractivity (Wildman–Crippen MR) is 77.1 cm³/mol. The molecule has 2 rings (SSSR count). The Kier molecular flexibility index (Phi) is 4.15. The highest BCUT2D eigenvalue weighted by atomic mass is 35.5. The molecule has 1 aromatic carbocycles. The van der Waals surface area contributed by atoms with Crippen LogP contribution < -0.4 is 4.90 Å². The van der Waals surface area contributed by atoms with E-state index in [9.17, 15) is 18.0 Å². The molecule has 7 heteroatoms. The van der Waals surface area contributed by atoms with Crippen LogP contribution in [0.4, 0.5) is 5.69 Å². The van der Waals surface area contributed by atoms with Gasteiger partial charge in [-0.15, -0.1) is 0 Å². The second-order valence-electron chi connectivity index (χ2n) is 4.51. The van der Waals surface area contributed by atoms with Crippen molar-refractivity contribution in [2.24, 2.45) is 0 Å². The number of rotatable bonds is 5. The van der Waals surface area contributed by atoms with Crippen molar-refractivity contribution in [1.82, 2.24) is 0 Å². The number of carbonyl (C=O) groups is 2. The lowest BCUT2D eigenvalue weighted by Crippen LogP contribution is -2.31. The first kappa shape index (κ1) is 15.0. The van der Waals surface area contributed by atoms with E-state index in [2.05, 4.69) is 0 Å². The van der Waals surface area contributed by atoms with Gasteiger partial charge in [0.2, 0.25) is 0 Å². The summed E-state index contributed by atoms with van der Waals surface area (Å²) in [6.07, 6.45) is 0.293. The van der Waals surface area contributed by atoms with Gasteiger partial charge in [-0.05, 0) is 18.6 Å². The number of hydrogen-bond acceptors (Lipinski definition) is 4. The minimum atomic E-state index is -3.08. The summed E-state index contributed by atoms with van der Waals surface area (Å²) in [7, 11) is -3.08. The van der Waals surface area contributed by atoms with Crippen LogP contribution in [0.2, 0.25) is 5.02 Å². The van der Waals surface area contributed by atoms with E-state index in [0.717, 1.165) is 0 Å². The average molecular weight is 316 g/mol. The van der Waals surface area contributed by atoms with Gasteiger partial charge < -0.3 is 4.90 Å². The zero-order chi connectivity index (χ0) is 14.9. The third kappa shape index (κ3) is 2.71. The van der Waals surface area contributed by atoms with Crippen molar-refractivity contribution in [3.05, 3.63) is 28.8 Å². The predicted octanol–water partition coefficient (Wildman–Crippen LogP) is 1.69. The Hall–Kier alpha value is -1.40. The lowest BCUT2D eigenvalue weighted by Gasteiger charge is -2.16. The van der Waals surface area contributed by atoms with Crippen molar-refractivity contribution >= 4 is 38.8 Å². The Labute approximate surface area is 122 Å². The van der Waals surface area contributed by atoms with E-state index in [1.54, 1.807) is 25.1 Å². The Morgan fingerprint density at radius 2 is 1.95 bits per heavy atom. The molecule has 5 nitrogen and oxygen atoms in total. The van der Waals surface area contributed by atoms with Gasteiger partial charge in [0.1, 0.15) is 9.84 Å². The smallest absolute Gasteiger partial charge is 0.299 e. The molecule has 20 heavy (non-hydrogen) atoms. The molecular weight excluding hydrogens is 302 g/mol. The maximum atomic E-state index is 11.9. The Morgan fingerprint density at radius 1 is 1.25 bits per heavy atom. The second kappa shape index (κ2) is 5.54. The topological polar surface area (TPSA) is 71.5 Å². The molecule has 1 amide bonds. The summed E-state index contributed by atoms with van der Waals surface area (Å²) >= 11 is 5.93. The number of ketones is 1. The number of amides is 1. The monoisotopic (exact) mass is 315 g/mol. The molecule has 0 saturated carbocycles. The first-order valence-electron chi connectivity index (χ1n) is 6.22. The molecule has 1 aromatic rings. The van der Waals surface area contributed by atoms with Crippen molar-refractivity contribution in [2.45, 2.75) is 13.3 Å². The van der Waals surface area contributed by atoms with E-state index in [1.165, 1.54) is 4.90 Å². The molecule has 1 aliphatic rings. The number of halogens is 1. The molecule has 1 aliphatic heterocycles. The lowest BCUT2D eigenvalue weighted by molar-refractivity contribution is -0.114. The van der Waals surface area contributed by atoms with Crippen LogP contribution in [0.5, 0.6) is 0 Å². The van der Waals surface area contributed by atoms with Gasteiger partial charge in [0.25, 0.3) is 11.7 Å². The van der Waals surface area contributed by atoms with Gasteiger partial charge in [-0.3, -0.25) is 9.59 Å². The van der Waals surface area contributed by atoms with E-state index in [0.29, 0.717) is 12.1 Å². The molecule has 0 saturated heterocycles. The Bertz CT molecular complexity index is 669. The summed E-state index contributed by atoms with van der Waals surface area (Å²) in [6.45, 7) is 1.77. The number of nitrogens with zero attached hydrogens (tertiary/aromatic N) is 1. The third-order valence-corrected chi connectivity index (χ3v) is 5.33. The summed E-state index contributed by atoms with van der Waals surface area (Å²) in [4.78, 5) is 25.1. The van der Waals surface area contributed by atoms with Gasteiger partial charge in [-0.1, -0.05) is 24.6 Å². The van der Waals surface area contributed by atoms with E-state index in [4.69, 9.17) is 11.6 Å². The van der Waals surface area contributed by atoms with Crippen LogP contribution in [-0.4, -0.2) is 38.2 Å². The highest BCUT2D eigenvalue weighted by Crippen LogP contribution is 2.34. The van der Waals surface area contributed by atoms with Crippen molar-refractivity contribution in [3.8, 4) is 0 Å². The third-order valence-electron chi connectivity index (χ3n) is 3.23. The number of hydrogen-bond donors (Lipinski definition) is 0. The number of benzene rings is 1. The van der Waals surface area contributed by atoms with Crippen LogP contribution in [-0.2, 0) is 14.6 Å². The van der Waals surface area contributed by atoms with Crippen LogP contribution in [0, 0.1) is 0 Å². The van der Waals surface area contributed by atoms with Crippen LogP contribution in [0.1, 0.15) is 23.7 Å². The van der Waals surface area contributed by atoms with Gasteiger partial charge >= 0.3 is 0 Å². The fraction of sp³-hybridized carbons (Fsp3) is 0.385. The quantitative estimate of drug-likeness (QED) is 0.775. The van der Waals surface area contributed by atoms with Gasteiger partial charge in [-0.25, -0.2) is 8.42 Å².